The highest BCUT2D eigenvalue weighted by molar-refractivity contribution is 6.13. The smallest absolute Gasteiger partial charge is 0.340 e. The van der Waals surface area contributed by atoms with Crippen LogP contribution in [0.2, 0.25) is 0 Å². The van der Waals surface area contributed by atoms with E-state index in [2.05, 4.69) is 4.99 Å². The van der Waals surface area contributed by atoms with Crippen molar-refractivity contribution in [3.05, 3.63) is 23.0 Å². The predicted molar refractivity (Wildman–Crippen MR) is 91.6 cm³/mol. The van der Waals surface area contributed by atoms with Crippen LogP contribution in [0, 0.1) is 0 Å². The van der Waals surface area contributed by atoms with Gasteiger partial charge in [-0.15, -0.1) is 0 Å². The third kappa shape index (κ3) is 4.28. The van der Waals surface area contributed by atoms with E-state index in [4.69, 9.17) is 18.9 Å². The van der Waals surface area contributed by atoms with Gasteiger partial charge in [-0.2, -0.15) is 0 Å². The third-order valence-electron chi connectivity index (χ3n) is 3.30. The topological polar surface area (TPSA) is 104 Å². The molecule has 0 aliphatic carbocycles. The predicted octanol–water partition coefficient (Wildman–Crippen LogP) is 2.62. The van der Waals surface area contributed by atoms with E-state index in [-0.39, 0.29) is 45.6 Å². The van der Waals surface area contributed by atoms with Crippen LogP contribution in [0.25, 0.3) is 0 Å². The standard InChI is InChI=1S/C17H21NO7/c1-9(19)12(10(2)20)8-18-14-11(17(21)25-6)7-13(22-3)15(23-4)16(14)24-5/h7-8,19H,1-6H3/b12-9-,18-8?. The maximum Gasteiger partial charge on any atom is 0.340 e. The summed E-state index contributed by atoms with van der Waals surface area (Å²) in [5.74, 6) is -0.672. The zero-order valence-electron chi connectivity index (χ0n) is 15.0. The number of nitrogens with zero attached hydrogens (tertiary/aromatic N) is 1. The lowest BCUT2D eigenvalue weighted by molar-refractivity contribution is -0.113. The van der Waals surface area contributed by atoms with E-state index in [1.54, 1.807) is 0 Å². The lowest BCUT2D eigenvalue weighted by Crippen LogP contribution is -2.06. The maximum absolute atomic E-state index is 12.1. The largest absolute Gasteiger partial charge is 0.512 e. The van der Waals surface area contributed by atoms with Crippen LogP contribution >= 0.6 is 0 Å². The summed E-state index contributed by atoms with van der Waals surface area (Å²) in [4.78, 5) is 27.8. The Morgan fingerprint density at radius 1 is 1.04 bits per heavy atom. The zero-order chi connectivity index (χ0) is 19.1. The van der Waals surface area contributed by atoms with Gasteiger partial charge in [0, 0.05) is 12.3 Å². The van der Waals surface area contributed by atoms with Crippen LogP contribution in [0.3, 0.4) is 0 Å². The van der Waals surface area contributed by atoms with Crippen molar-refractivity contribution in [1.29, 1.82) is 0 Å². The molecule has 0 bridgehead atoms. The number of aliphatic hydroxyl groups is 1. The van der Waals surface area contributed by atoms with Crippen LogP contribution in [0.15, 0.2) is 22.4 Å². The lowest BCUT2D eigenvalue weighted by Gasteiger charge is -2.16. The Balaban J connectivity index is 3.73. The van der Waals surface area contributed by atoms with Crippen molar-refractivity contribution in [2.24, 2.45) is 4.99 Å². The number of hydrogen-bond donors (Lipinski definition) is 1. The van der Waals surface area contributed by atoms with E-state index in [9.17, 15) is 14.7 Å². The Bertz CT molecular complexity index is 731. The normalized spacial score (nSPS) is 11.8. The molecular formula is C17H21NO7. The SMILES string of the molecule is COC(=O)c1cc(OC)c(OC)c(OC)c1N=C/C(C(C)=O)=C(\C)O. The fourth-order valence-electron chi connectivity index (χ4n) is 2.10. The Kier molecular flexibility index (Phi) is 6.98. The first kappa shape index (κ1) is 20.0. The van der Waals surface area contributed by atoms with E-state index in [0.717, 1.165) is 6.21 Å². The monoisotopic (exact) mass is 351 g/mol. The summed E-state index contributed by atoms with van der Waals surface area (Å²) < 4.78 is 20.5. The van der Waals surface area contributed by atoms with Gasteiger partial charge in [-0.25, -0.2) is 4.79 Å². The van der Waals surface area contributed by atoms with Crippen LogP contribution in [0.5, 0.6) is 17.2 Å². The molecule has 8 heteroatoms. The molecule has 1 aromatic carbocycles. The molecule has 0 radical (unpaired) electrons. The molecule has 0 fully saturated rings. The second-order valence-corrected chi connectivity index (χ2v) is 4.85. The summed E-state index contributed by atoms with van der Waals surface area (Å²) in [5, 5.41) is 9.59. The zero-order valence-corrected chi connectivity index (χ0v) is 15.0. The van der Waals surface area contributed by atoms with E-state index >= 15 is 0 Å². The van der Waals surface area contributed by atoms with Crippen molar-refractivity contribution in [3.63, 3.8) is 0 Å². The van der Waals surface area contributed by atoms with Crippen LogP contribution in [-0.2, 0) is 9.53 Å². The van der Waals surface area contributed by atoms with E-state index in [1.807, 2.05) is 0 Å². The summed E-state index contributed by atoms with van der Waals surface area (Å²) in [6.45, 7) is 2.64. The van der Waals surface area contributed by atoms with Gasteiger partial charge in [0.2, 0.25) is 5.75 Å². The number of aliphatic hydroxyl groups excluding tert-OH is 1. The van der Waals surface area contributed by atoms with Crippen molar-refractivity contribution < 1.29 is 33.6 Å². The number of carbonyl (C=O) groups is 2. The van der Waals surface area contributed by atoms with Crippen LogP contribution in [0.4, 0.5) is 5.69 Å². The molecule has 8 nitrogen and oxygen atoms in total. The second kappa shape index (κ2) is 8.72. The van der Waals surface area contributed by atoms with Gasteiger partial charge in [0.1, 0.15) is 11.4 Å². The van der Waals surface area contributed by atoms with Crippen molar-refractivity contribution in [2.45, 2.75) is 13.8 Å². The fourth-order valence-corrected chi connectivity index (χ4v) is 2.10. The van der Waals surface area contributed by atoms with E-state index in [0.29, 0.717) is 0 Å². The number of carbonyl (C=O) groups excluding carboxylic acids is 2. The third-order valence-corrected chi connectivity index (χ3v) is 3.30. The van der Waals surface area contributed by atoms with Gasteiger partial charge >= 0.3 is 5.97 Å². The molecule has 0 spiro atoms. The maximum atomic E-state index is 12.1. The summed E-state index contributed by atoms with van der Waals surface area (Å²) in [6, 6.07) is 1.39. The van der Waals surface area contributed by atoms with Gasteiger partial charge in [0.05, 0.1) is 39.6 Å². The van der Waals surface area contributed by atoms with Crippen molar-refractivity contribution >= 4 is 23.7 Å². The molecule has 1 aromatic rings. The van der Waals surface area contributed by atoms with Crippen molar-refractivity contribution in [2.75, 3.05) is 28.4 Å². The molecule has 0 atom stereocenters. The van der Waals surface area contributed by atoms with Gasteiger partial charge in [-0.05, 0) is 13.8 Å². The first-order chi connectivity index (χ1) is 11.8. The average Bonchev–Trinajstić information content (AvgIpc) is 2.59. The number of allylic oxidation sites excluding steroid dienone is 2. The molecule has 0 saturated heterocycles. The molecule has 25 heavy (non-hydrogen) atoms. The number of benzene rings is 1. The molecule has 0 heterocycles. The number of Topliss-reactive ketones (excluding diaryl/α,β-unsaturated/α-hetero) is 1. The molecule has 0 aromatic heterocycles. The quantitative estimate of drug-likeness (QED) is 0.348. The van der Waals surface area contributed by atoms with Crippen molar-refractivity contribution in [1.82, 2.24) is 0 Å². The molecule has 0 unspecified atom stereocenters. The van der Waals surface area contributed by atoms with Crippen LogP contribution < -0.4 is 14.2 Å². The first-order valence-electron chi connectivity index (χ1n) is 7.18. The Hall–Kier alpha value is -3.03. The highest BCUT2D eigenvalue weighted by Crippen LogP contribution is 2.46. The highest BCUT2D eigenvalue weighted by Gasteiger charge is 2.24. The Morgan fingerprint density at radius 3 is 2.04 bits per heavy atom. The Labute approximate surface area is 145 Å². The number of ketones is 1. The highest BCUT2D eigenvalue weighted by atomic mass is 16.5. The average molecular weight is 351 g/mol. The first-order valence-corrected chi connectivity index (χ1v) is 7.18. The molecule has 1 rings (SSSR count). The summed E-state index contributed by atoms with van der Waals surface area (Å²) in [5.41, 5.74) is 0.117. The van der Waals surface area contributed by atoms with Crippen molar-refractivity contribution in [3.8, 4) is 17.2 Å². The lowest BCUT2D eigenvalue weighted by atomic mass is 10.1. The molecule has 0 amide bonds. The summed E-state index contributed by atoms with van der Waals surface area (Å²) >= 11 is 0. The number of aliphatic imine (C=N–C) groups is 1. The minimum Gasteiger partial charge on any atom is -0.512 e. The van der Waals surface area contributed by atoms with Gasteiger partial charge in [-0.1, -0.05) is 0 Å². The van der Waals surface area contributed by atoms with Gasteiger partial charge in [0.15, 0.2) is 17.3 Å². The molecular weight excluding hydrogens is 330 g/mol. The van der Waals surface area contributed by atoms with Gasteiger partial charge < -0.3 is 24.1 Å². The fraction of sp³-hybridized carbons (Fsp3) is 0.353. The number of methoxy groups -OCH3 is 4. The van der Waals surface area contributed by atoms with E-state index < -0.39 is 5.97 Å². The van der Waals surface area contributed by atoms with Gasteiger partial charge in [-0.3, -0.25) is 9.79 Å². The number of rotatable bonds is 7. The summed E-state index contributed by atoms with van der Waals surface area (Å²) in [6.07, 6.45) is 1.15. The van der Waals surface area contributed by atoms with Gasteiger partial charge in [0.25, 0.3) is 0 Å². The minimum absolute atomic E-state index is 0.00680. The number of esters is 1. The molecule has 0 aliphatic rings. The summed E-state index contributed by atoms with van der Waals surface area (Å²) in [7, 11) is 5.41. The number of ether oxygens (including phenoxy) is 4. The minimum atomic E-state index is -0.680. The molecule has 136 valence electrons. The second-order valence-electron chi connectivity index (χ2n) is 4.85. The molecule has 0 saturated carbocycles. The van der Waals surface area contributed by atoms with Crippen LogP contribution in [-0.4, -0.2) is 51.5 Å². The van der Waals surface area contributed by atoms with E-state index in [1.165, 1.54) is 48.4 Å². The number of hydrogen-bond acceptors (Lipinski definition) is 8. The molecule has 0 aliphatic heterocycles. The molecule has 1 N–H and O–H groups in total. The van der Waals surface area contributed by atoms with Crippen LogP contribution in [0.1, 0.15) is 24.2 Å². The Morgan fingerprint density at radius 2 is 1.64 bits per heavy atom.